The molecule has 0 bridgehead atoms. The van der Waals surface area contributed by atoms with Crippen molar-refractivity contribution in [3.63, 3.8) is 0 Å². The van der Waals surface area contributed by atoms with Crippen molar-refractivity contribution in [3.8, 4) is 0 Å². The van der Waals surface area contributed by atoms with Crippen molar-refractivity contribution in [2.75, 3.05) is 0 Å². The van der Waals surface area contributed by atoms with E-state index in [-0.39, 0.29) is 11.6 Å². The van der Waals surface area contributed by atoms with Gasteiger partial charge in [0.05, 0.1) is 5.54 Å². The number of urea groups is 1. The summed E-state index contributed by atoms with van der Waals surface area (Å²) in [5, 5.41) is 2.78. The summed E-state index contributed by atoms with van der Waals surface area (Å²) in [4.78, 5) is 14.4. The van der Waals surface area contributed by atoms with Crippen LogP contribution in [0.2, 0.25) is 0 Å². The van der Waals surface area contributed by atoms with Gasteiger partial charge in [-0.2, -0.15) is 4.99 Å². The molecular formula is C7H11N3O. The molecule has 2 rings (SSSR count). The van der Waals surface area contributed by atoms with Gasteiger partial charge in [-0.25, -0.2) is 4.79 Å². The maximum atomic E-state index is 10.8. The zero-order chi connectivity index (χ0) is 8.06. The van der Waals surface area contributed by atoms with Gasteiger partial charge in [-0.15, -0.1) is 0 Å². The largest absolute Gasteiger partial charge is 0.385 e. The molecule has 1 saturated carbocycles. The van der Waals surface area contributed by atoms with Gasteiger partial charge in [0.2, 0.25) is 0 Å². The number of hydrogen-bond donors (Lipinski definition) is 2. The van der Waals surface area contributed by atoms with Gasteiger partial charge in [0.15, 0.2) is 0 Å². The van der Waals surface area contributed by atoms with Crippen molar-refractivity contribution in [1.82, 2.24) is 5.32 Å². The van der Waals surface area contributed by atoms with Gasteiger partial charge in [0.25, 0.3) is 0 Å². The van der Waals surface area contributed by atoms with Crippen molar-refractivity contribution >= 4 is 11.9 Å². The van der Waals surface area contributed by atoms with E-state index in [1.807, 2.05) is 0 Å². The molecule has 4 nitrogen and oxygen atoms in total. The molecule has 2 amide bonds. The molecule has 1 aliphatic heterocycles. The molecule has 11 heavy (non-hydrogen) atoms. The van der Waals surface area contributed by atoms with Gasteiger partial charge in [0.1, 0.15) is 5.84 Å². The number of amidine groups is 1. The highest BCUT2D eigenvalue weighted by molar-refractivity contribution is 6.06. The molecular weight excluding hydrogens is 142 g/mol. The Morgan fingerprint density at radius 3 is 2.73 bits per heavy atom. The number of aliphatic imine (C=N–C) groups is 1. The van der Waals surface area contributed by atoms with Crippen LogP contribution in [0.15, 0.2) is 4.99 Å². The topological polar surface area (TPSA) is 67.5 Å². The lowest BCUT2D eigenvalue weighted by molar-refractivity contribution is 0.192. The Morgan fingerprint density at radius 2 is 2.36 bits per heavy atom. The third-order valence-electron chi connectivity index (χ3n) is 2.45. The highest BCUT2D eigenvalue weighted by Gasteiger charge is 2.49. The zero-order valence-corrected chi connectivity index (χ0v) is 6.42. The Bertz CT molecular complexity index is 240. The highest BCUT2D eigenvalue weighted by Crippen LogP contribution is 2.39. The smallest absolute Gasteiger partial charge is 0.343 e. The minimum atomic E-state index is -0.283. The van der Waals surface area contributed by atoms with Crippen molar-refractivity contribution < 1.29 is 4.79 Å². The Hall–Kier alpha value is -1.06. The first-order valence-corrected chi connectivity index (χ1v) is 3.79. The molecule has 0 aromatic carbocycles. The number of nitrogens with one attached hydrogen (secondary N) is 1. The number of carbonyl (C=O) groups is 1. The first-order valence-electron chi connectivity index (χ1n) is 3.79. The molecule has 2 aliphatic rings. The lowest BCUT2D eigenvalue weighted by atomic mass is 9.69. The van der Waals surface area contributed by atoms with Gasteiger partial charge < -0.3 is 11.1 Å². The lowest BCUT2D eigenvalue weighted by Gasteiger charge is -2.42. The third kappa shape index (κ3) is 0.751. The Balaban J connectivity index is 2.19. The van der Waals surface area contributed by atoms with E-state index in [1.165, 1.54) is 0 Å². The molecule has 0 radical (unpaired) electrons. The van der Waals surface area contributed by atoms with Crippen LogP contribution >= 0.6 is 0 Å². The monoisotopic (exact) mass is 153 g/mol. The fourth-order valence-corrected chi connectivity index (χ4v) is 1.95. The van der Waals surface area contributed by atoms with Crippen LogP contribution in [-0.4, -0.2) is 17.4 Å². The Labute approximate surface area is 64.9 Å². The number of nitrogens with two attached hydrogens (primary N) is 1. The summed E-state index contributed by atoms with van der Waals surface area (Å²) in [6.07, 6.45) is 1.88. The number of nitrogens with zero attached hydrogens (tertiary/aromatic N) is 1. The first-order chi connectivity index (χ1) is 5.12. The van der Waals surface area contributed by atoms with E-state index in [9.17, 15) is 4.79 Å². The maximum absolute atomic E-state index is 10.8. The average Bonchev–Trinajstić information content (AvgIpc) is 2.06. The summed E-state index contributed by atoms with van der Waals surface area (Å²) in [6, 6.07) is -0.283. The number of amides is 2. The summed E-state index contributed by atoms with van der Waals surface area (Å²) < 4.78 is 0. The van der Waals surface area contributed by atoms with Gasteiger partial charge in [-0.1, -0.05) is 6.92 Å². The van der Waals surface area contributed by atoms with Gasteiger partial charge in [-0.05, 0) is 18.8 Å². The van der Waals surface area contributed by atoms with Gasteiger partial charge >= 0.3 is 6.03 Å². The minimum absolute atomic E-state index is 0.253. The molecule has 0 atom stereocenters. The number of hydrogen-bond acceptors (Lipinski definition) is 2. The van der Waals surface area contributed by atoms with Crippen LogP contribution in [0.1, 0.15) is 19.8 Å². The molecule has 0 saturated heterocycles. The third-order valence-corrected chi connectivity index (χ3v) is 2.45. The molecule has 1 aliphatic carbocycles. The first kappa shape index (κ1) is 6.64. The molecule has 4 heteroatoms. The molecule has 1 fully saturated rings. The molecule has 1 heterocycles. The van der Waals surface area contributed by atoms with Crippen LogP contribution in [0.4, 0.5) is 4.79 Å². The summed E-state index contributed by atoms with van der Waals surface area (Å²) in [5.74, 6) is 1.13. The Morgan fingerprint density at radius 1 is 1.73 bits per heavy atom. The van der Waals surface area contributed by atoms with E-state index in [0.717, 1.165) is 12.8 Å². The summed E-state index contributed by atoms with van der Waals surface area (Å²) in [7, 11) is 0. The van der Waals surface area contributed by atoms with Crippen molar-refractivity contribution in [2.45, 2.75) is 25.3 Å². The average molecular weight is 153 g/mol. The standard InChI is InChI=1S/C7H11N3O/c1-4-2-7(3-4)5(8)9-6(11)10-7/h4H,2-3H2,1H3,(H3,8,9,10,11). The zero-order valence-electron chi connectivity index (χ0n) is 6.42. The summed E-state index contributed by atoms with van der Waals surface area (Å²) in [5.41, 5.74) is 5.34. The number of rotatable bonds is 0. The van der Waals surface area contributed by atoms with E-state index in [1.54, 1.807) is 0 Å². The van der Waals surface area contributed by atoms with Crippen molar-refractivity contribution in [2.24, 2.45) is 16.6 Å². The van der Waals surface area contributed by atoms with Crippen LogP contribution < -0.4 is 11.1 Å². The van der Waals surface area contributed by atoms with E-state index in [4.69, 9.17) is 5.73 Å². The molecule has 60 valence electrons. The SMILES string of the molecule is CC1CC2(C1)NC(=O)N=C2N. The number of carbonyl (C=O) groups excluding carboxylic acids is 1. The van der Waals surface area contributed by atoms with Crippen molar-refractivity contribution in [3.05, 3.63) is 0 Å². The van der Waals surface area contributed by atoms with Gasteiger partial charge in [-0.3, -0.25) is 0 Å². The second-order valence-electron chi connectivity index (χ2n) is 3.52. The molecule has 0 aromatic rings. The lowest BCUT2D eigenvalue weighted by Crippen LogP contribution is -2.59. The van der Waals surface area contributed by atoms with E-state index < -0.39 is 0 Å². The minimum Gasteiger partial charge on any atom is -0.385 e. The van der Waals surface area contributed by atoms with Crippen LogP contribution in [0.25, 0.3) is 0 Å². The van der Waals surface area contributed by atoms with Crippen LogP contribution in [0.5, 0.6) is 0 Å². The van der Waals surface area contributed by atoms with Gasteiger partial charge in [0, 0.05) is 0 Å². The molecule has 1 spiro atoms. The fourth-order valence-electron chi connectivity index (χ4n) is 1.95. The van der Waals surface area contributed by atoms with Crippen molar-refractivity contribution in [1.29, 1.82) is 0 Å². The second-order valence-corrected chi connectivity index (χ2v) is 3.52. The second kappa shape index (κ2) is 1.75. The fraction of sp³-hybridized carbons (Fsp3) is 0.714. The Kier molecular flexibility index (Phi) is 1.06. The van der Waals surface area contributed by atoms with E-state index >= 15 is 0 Å². The van der Waals surface area contributed by atoms with Crippen LogP contribution in [0.3, 0.4) is 0 Å². The highest BCUT2D eigenvalue weighted by atomic mass is 16.2. The maximum Gasteiger partial charge on any atom is 0.343 e. The summed E-state index contributed by atoms with van der Waals surface area (Å²) >= 11 is 0. The van der Waals surface area contributed by atoms with Crippen LogP contribution in [0, 0.1) is 5.92 Å². The molecule has 3 N–H and O–H groups in total. The quantitative estimate of drug-likeness (QED) is 0.523. The van der Waals surface area contributed by atoms with Crippen LogP contribution in [-0.2, 0) is 0 Å². The predicted molar refractivity (Wildman–Crippen MR) is 41.3 cm³/mol. The normalized spacial score (nSPS) is 41.7. The van der Waals surface area contributed by atoms with E-state index in [0.29, 0.717) is 11.8 Å². The molecule has 0 unspecified atom stereocenters. The van der Waals surface area contributed by atoms with E-state index in [2.05, 4.69) is 17.2 Å². The summed E-state index contributed by atoms with van der Waals surface area (Å²) in [6.45, 7) is 2.14. The molecule has 0 aromatic heterocycles. The predicted octanol–water partition coefficient (Wildman–Crippen LogP) is 0.236.